The van der Waals surface area contributed by atoms with Gasteiger partial charge in [0.1, 0.15) is 5.82 Å². The molecule has 18 heavy (non-hydrogen) atoms. The molecule has 96 valence electrons. The molecule has 0 aliphatic carbocycles. The van der Waals surface area contributed by atoms with Crippen molar-refractivity contribution in [3.05, 3.63) is 24.1 Å². The number of nitrogens with zero attached hydrogens (tertiary/aromatic N) is 3. The summed E-state index contributed by atoms with van der Waals surface area (Å²) < 4.78 is 19.9. The molecule has 1 saturated heterocycles. The van der Waals surface area contributed by atoms with Crippen LogP contribution in [0.2, 0.25) is 0 Å². The molecule has 1 atom stereocenters. The maximum Gasteiger partial charge on any atom is 0.243 e. The average molecular weight is 250 g/mol. The molecule has 3 rings (SSSR count). The van der Waals surface area contributed by atoms with Crippen LogP contribution < -0.4 is 5.32 Å². The Labute approximate surface area is 104 Å². The van der Waals surface area contributed by atoms with E-state index in [1.165, 1.54) is 16.8 Å². The van der Waals surface area contributed by atoms with Crippen LogP contribution in [0.15, 0.2) is 18.3 Å². The van der Waals surface area contributed by atoms with Gasteiger partial charge in [-0.2, -0.15) is 4.98 Å². The zero-order chi connectivity index (χ0) is 12.4. The van der Waals surface area contributed by atoms with Crippen LogP contribution in [0.4, 0.5) is 10.3 Å². The predicted molar refractivity (Wildman–Crippen MR) is 65.0 cm³/mol. The van der Waals surface area contributed by atoms with Crippen molar-refractivity contribution in [2.45, 2.75) is 25.4 Å². The van der Waals surface area contributed by atoms with E-state index in [1.807, 2.05) is 0 Å². The summed E-state index contributed by atoms with van der Waals surface area (Å²) in [5.41, 5.74) is 0.635. The van der Waals surface area contributed by atoms with Gasteiger partial charge in [-0.25, -0.2) is 8.91 Å². The zero-order valence-corrected chi connectivity index (χ0v) is 9.97. The van der Waals surface area contributed by atoms with E-state index in [0.717, 1.165) is 32.4 Å². The van der Waals surface area contributed by atoms with Crippen LogP contribution in [0.5, 0.6) is 0 Å². The largest absolute Gasteiger partial charge is 0.378 e. The molecular formula is C12H15FN4O. The minimum absolute atomic E-state index is 0.321. The van der Waals surface area contributed by atoms with Crippen LogP contribution in [-0.2, 0) is 4.74 Å². The number of rotatable bonds is 4. The maximum absolute atomic E-state index is 13.0. The first kappa shape index (κ1) is 11.4. The molecule has 3 heterocycles. The van der Waals surface area contributed by atoms with Crippen molar-refractivity contribution in [1.82, 2.24) is 14.6 Å². The molecule has 1 aliphatic heterocycles. The summed E-state index contributed by atoms with van der Waals surface area (Å²) in [6.07, 6.45) is 4.89. The fourth-order valence-electron chi connectivity index (χ4n) is 2.15. The molecule has 0 saturated carbocycles. The monoisotopic (exact) mass is 250 g/mol. The number of hydrogen-bond acceptors (Lipinski definition) is 4. The smallest absolute Gasteiger partial charge is 0.243 e. The van der Waals surface area contributed by atoms with Gasteiger partial charge in [0, 0.05) is 13.2 Å². The van der Waals surface area contributed by atoms with Gasteiger partial charge in [-0.15, -0.1) is 5.10 Å². The second-order valence-electron chi connectivity index (χ2n) is 4.44. The molecule has 0 aromatic carbocycles. The van der Waals surface area contributed by atoms with Crippen molar-refractivity contribution in [2.24, 2.45) is 0 Å². The third kappa shape index (κ3) is 2.43. The molecule has 0 bridgehead atoms. The van der Waals surface area contributed by atoms with Crippen LogP contribution >= 0.6 is 0 Å². The van der Waals surface area contributed by atoms with Gasteiger partial charge >= 0.3 is 0 Å². The molecule has 0 spiro atoms. The Morgan fingerprint density at radius 3 is 3.28 bits per heavy atom. The number of nitrogens with one attached hydrogen (secondary N) is 1. The van der Waals surface area contributed by atoms with Gasteiger partial charge in [0.2, 0.25) is 5.95 Å². The third-order valence-electron chi connectivity index (χ3n) is 3.07. The molecule has 5 nitrogen and oxygen atoms in total. The highest BCUT2D eigenvalue weighted by molar-refractivity contribution is 5.42. The highest BCUT2D eigenvalue weighted by atomic mass is 19.1. The highest BCUT2D eigenvalue weighted by Crippen LogP contribution is 2.15. The Bertz CT molecular complexity index is 536. The number of ether oxygens (including phenoxy) is 1. The van der Waals surface area contributed by atoms with E-state index in [0.29, 0.717) is 17.7 Å². The summed E-state index contributed by atoms with van der Waals surface area (Å²) >= 11 is 0. The minimum Gasteiger partial charge on any atom is -0.378 e. The van der Waals surface area contributed by atoms with Crippen molar-refractivity contribution in [3.63, 3.8) is 0 Å². The minimum atomic E-state index is -0.321. The Morgan fingerprint density at radius 1 is 1.50 bits per heavy atom. The lowest BCUT2D eigenvalue weighted by Crippen LogP contribution is -2.13. The van der Waals surface area contributed by atoms with Gasteiger partial charge in [-0.1, -0.05) is 0 Å². The Hall–Kier alpha value is -1.69. The normalized spacial score (nSPS) is 19.5. The Kier molecular flexibility index (Phi) is 3.10. The fraction of sp³-hybridized carbons (Fsp3) is 0.500. The van der Waals surface area contributed by atoms with E-state index >= 15 is 0 Å². The number of aromatic nitrogens is 3. The second-order valence-corrected chi connectivity index (χ2v) is 4.44. The van der Waals surface area contributed by atoms with Gasteiger partial charge < -0.3 is 10.1 Å². The molecule has 2 aromatic rings. The summed E-state index contributed by atoms with van der Waals surface area (Å²) in [5, 5.41) is 7.29. The van der Waals surface area contributed by atoms with Gasteiger partial charge in [0.15, 0.2) is 5.65 Å². The number of hydrogen-bond donors (Lipinski definition) is 1. The van der Waals surface area contributed by atoms with Gasteiger partial charge in [0.05, 0.1) is 12.3 Å². The first-order chi connectivity index (χ1) is 8.81. The van der Waals surface area contributed by atoms with Gasteiger partial charge in [0.25, 0.3) is 0 Å². The molecule has 1 fully saturated rings. The Morgan fingerprint density at radius 2 is 2.44 bits per heavy atom. The quantitative estimate of drug-likeness (QED) is 0.899. The third-order valence-corrected chi connectivity index (χ3v) is 3.07. The standard InChI is InChI=1S/C12H15FN4O/c13-9-3-4-11-15-12(16-17(11)8-9)14-6-5-10-2-1-7-18-10/h3-4,8,10H,1-2,5-7H2,(H,14,16). The van der Waals surface area contributed by atoms with Crippen LogP contribution in [0, 0.1) is 5.82 Å². The summed E-state index contributed by atoms with van der Waals surface area (Å²) in [7, 11) is 0. The highest BCUT2D eigenvalue weighted by Gasteiger charge is 2.14. The number of halogens is 1. The van der Waals surface area contributed by atoms with Crippen molar-refractivity contribution in [3.8, 4) is 0 Å². The molecule has 0 radical (unpaired) electrons. The number of pyridine rings is 1. The van der Waals surface area contributed by atoms with Crippen molar-refractivity contribution >= 4 is 11.6 Å². The van der Waals surface area contributed by atoms with Crippen LogP contribution in [-0.4, -0.2) is 33.9 Å². The topological polar surface area (TPSA) is 51.5 Å². The maximum atomic E-state index is 13.0. The fourth-order valence-corrected chi connectivity index (χ4v) is 2.15. The zero-order valence-electron chi connectivity index (χ0n) is 9.97. The molecule has 0 amide bonds. The van der Waals surface area contributed by atoms with Crippen molar-refractivity contribution in [1.29, 1.82) is 0 Å². The van der Waals surface area contributed by atoms with E-state index < -0.39 is 0 Å². The summed E-state index contributed by atoms with van der Waals surface area (Å²) in [6.45, 7) is 1.64. The van der Waals surface area contributed by atoms with Gasteiger partial charge in [-0.05, 0) is 31.4 Å². The molecular weight excluding hydrogens is 235 g/mol. The number of fused-ring (bicyclic) bond motifs is 1. The molecule has 1 aliphatic rings. The van der Waals surface area contributed by atoms with Crippen LogP contribution in [0.3, 0.4) is 0 Å². The van der Waals surface area contributed by atoms with Crippen molar-refractivity contribution in [2.75, 3.05) is 18.5 Å². The number of anilines is 1. The van der Waals surface area contributed by atoms with E-state index in [2.05, 4.69) is 15.4 Å². The lowest BCUT2D eigenvalue weighted by Gasteiger charge is -2.08. The van der Waals surface area contributed by atoms with Crippen molar-refractivity contribution < 1.29 is 9.13 Å². The first-order valence-corrected chi connectivity index (χ1v) is 6.19. The van der Waals surface area contributed by atoms with Crippen LogP contribution in [0.25, 0.3) is 5.65 Å². The first-order valence-electron chi connectivity index (χ1n) is 6.19. The van der Waals surface area contributed by atoms with Crippen LogP contribution in [0.1, 0.15) is 19.3 Å². The van der Waals surface area contributed by atoms with E-state index in [-0.39, 0.29) is 5.82 Å². The summed E-state index contributed by atoms with van der Waals surface area (Å²) in [6, 6.07) is 2.98. The van der Waals surface area contributed by atoms with Gasteiger partial charge in [-0.3, -0.25) is 0 Å². The predicted octanol–water partition coefficient (Wildman–Crippen LogP) is 1.85. The molecule has 6 heteroatoms. The molecule has 1 N–H and O–H groups in total. The SMILES string of the molecule is Fc1ccc2nc(NCCC3CCCO3)nn2c1. The summed E-state index contributed by atoms with van der Waals surface area (Å²) in [4.78, 5) is 4.25. The average Bonchev–Trinajstić information content (AvgIpc) is 2.97. The summed E-state index contributed by atoms with van der Waals surface area (Å²) in [5.74, 6) is 0.205. The van der Waals surface area contributed by atoms with E-state index in [9.17, 15) is 4.39 Å². The lowest BCUT2D eigenvalue weighted by atomic mass is 10.2. The second kappa shape index (κ2) is 4.89. The molecule has 1 unspecified atom stereocenters. The van der Waals surface area contributed by atoms with E-state index in [1.54, 1.807) is 6.07 Å². The van der Waals surface area contributed by atoms with E-state index in [4.69, 9.17) is 4.74 Å². The molecule has 2 aromatic heterocycles. The Balaban J connectivity index is 1.60. The lowest BCUT2D eigenvalue weighted by molar-refractivity contribution is 0.107.